The number of carbonyl (C=O) groups excluding carboxylic acids is 1. The highest BCUT2D eigenvalue weighted by Crippen LogP contribution is 2.25. The van der Waals surface area contributed by atoms with Gasteiger partial charge in [-0.3, -0.25) is 9.59 Å². The minimum Gasteiger partial charge on any atom is -0.324 e. The number of benzene rings is 2. The number of hydrogen-bond acceptors (Lipinski definition) is 4. The molecule has 1 atom stereocenters. The van der Waals surface area contributed by atoms with Crippen LogP contribution in [0.15, 0.2) is 77.9 Å². The summed E-state index contributed by atoms with van der Waals surface area (Å²) in [5.41, 5.74) is 2.89. The van der Waals surface area contributed by atoms with Crippen LogP contribution in [0.5, 0.6) is 0 Å². The topological polar surface area (TPSA) is 86.7 Å². The minimum atomic E-state index is -0.863. The molecule has 2 aromatic carbocycles. The van der Waals surface area contributed by atoms with E-state index in [4.69, 9.17) is 16.7 Å². The predicted molar refractivity (Wildman–Crippen MR) is 137 cm³/mol. The average molecular weight is 487 g/mol. The van der Waals surface area contributed by atoms with E-state index < -0.39 is 11.6 Å². The van der Waals surface area contributed by atoms with Gasteiger partial charge in [-0.25, -0.2) is 9.36 Å². The van der Waals surface area contributed by atoms with Crippen molar-refractivity contribution in [2.24, 2.45) is 0 Å². The third-order valence-electron chi connectivity index (χ3n) is 5.93. The Bertz CT molecular complexity index is 1600. The largest absolute Gasteiger partial charge is 0.324 e. The molecule has 0 saturated carbocycles. The Morgan fingerprint density at radius 3 is 2.40 bits per heavy atom. The number of carbonyl (C=O) groups is 1. The molecule has 0 unspecified atom stereocenters. The SMILES string of the molecule is Cc1cc(Cl)ccc1NC(=O)[C@@H](C)n1nc(C)c2nn(-c3ccccc3)c(-n3cccc3)c2c1=O. The van der Waals surface area contributed by atoms with E-state index in [1.807, 2.05) is 66.3 Å². The monoisotopic (exact) mass is 486 g/mol. The fourth-order valence-corrected chi connectivity index (χ4v) is 4.30. The van der Waals surface area contributed by atoms with Crippen LogP contribution >= 0.6 is 11.6 Å². The summed E-state index contributed by atoms with van der Waals surface area (Å²) >= 11 is 6.03. The number of rotatable bonds is 5. The van der Waals surface area contributed by atoms with Crippen molar-refractivity contribution in [3.8, 4) is 11.5 Å². The number of fused-ring (bicyclic) bond motifs is 1. The maximum absolute atomic E-state index is 13.8. The second-order valence-electron chi connectivity index (χ2n) is 8.34. The van der Waals surface area contributed by atoms with E-state index in [1.54, 1.807) is 36.7 Å². The molecule has 0 aliphatic heterocycles. The lowest BCUT2D eigenvalue weighted by atomic mass is 10.2. The minimum absolute atomic E-state index is 0.360. The molecule has 8 nitrogen and oxygen atoms in total. The van der Waals surface area contributed by atoms with E-state index in [0.29, 0.717) is 33.1 Å². The summed E-state index contributed by atoms with van der Waals surface area (Å²) in [7, 11) is 0. The lowest BCUT2D eigenvalue weighted by molar-refractivity contribution is -0.119. The Balaban J connectivity index is 1.65. The van der Waals surface area contributed by atoms with E-state index in [2.05, 4.69) is 10.4 Å². The second-order valence-corrected chi connectivity index (χ2v) is 8.78. The number of aryl methyl sites for hydroxylation is 2. The van der Waals surface area contributed by atoms with Crippen LogP contribution in [-0.4, -0.2) is 30.0 Å². The zero-order valence-electron chi connectivity index (χ0n) is 19.4. The molecule has 0 aliphatic carbocycles. The maximum atomic E-state index is 13.8. The molecule has 0 aliphatic rings. The van der Waals surface area contributed by atoms with Crippen LogP contribution in [0.1, 0.15) is 24.2 Å². The maximum Gasteiger partial charge on any atom is 0.280 e. The Morgan fingerprint density at radius 1 is 1.00 bits per heavy atom. The first kappa shape index (κ1) is 22.6. The van der Waals surface area contributed by atoms with Gasteiger partial charge in [-0.15, -0.1) is 0 Å². The molecule has 0 spiro atoms. The molecule has 0 bridgehead atoms. The molecule has 5 rings (SSSR count). The van der Waals surface area contributed by atoms with Crippen LogP contribution in [-0.2, 0) is 4.79 Å². The van der Waals surface area contributed by atoms with Crippen LogP contribution < -0.4 is 10.9 Å². The van der Waals surface area contributed by atoms with Crippen LogP contribution in [0.25, 0.3) is 22.4 Å². The molecule has 3 aromatic heterocycles. The smallest absolute Gasteiger partial charge is 0.280 e. The molecule has 9 heteroatoms. The second kappa shape index (κ2) is 8.88. The molecule has 35 heavy (non-hydrogen) atoms. The summed E-state index contributed by atoms with van der Waals surface area (Å²) in [5.74, 6) is 0.225. The Kier molecular flexibility index (Phi) is 5.74. The van der Waals surface area contributed by atoms with Gasteiger partial charge in [0.15, 0.2) is 5.82 Å². The van der Waals surface area contributed by atoms with Crippen molar-refractivity contribution in [1.82, 2.24) is 24.1 Å². The first-order chi connectivity index (χ1) is 16.8. The van der Waals surface area contributed by atoms with Crippen molar-refractivity contribution >= 4 is 34.1 Å². The van der Waals surface area contributed by atoms with E-state index in [1.165, 1.54) is 4.68 Å². The van der Waals surface area contributed by atoms with Crippen molar-refractivity contribution in [1.29, 1.82) is 0 Å². The van der Waals surface area contributed by atoms with Crippen molar-refractivity contribution < 1.29 is 4.79 Å². The third kappa shape index (κ3) is 4.02. The number of nitrogens with one attached hydrogen (secondary N) is 1. The molecule has 0 saturated heterocycles. The van der Waals surface area contributed by atoms with Gasteiger partial charge in [0, 0.05) is 23.1 Å². The normalized spacial score (nSPS) is 12.1. The van der Waals surface area contributed by atoms with Gasteiger partial charge in [0.1, 0.15) is 16.9 Å². The Morgan fingerprint density at radius 2 is 1.71 bits per heavy atom. The average Bonchev–Trinajstić information content (AvgIpc) is 3.51. The van der Waals surface area contributed by atoms with Crippen LogP contribution in [0.4, 0.5) is 5.69 Å². The summed E-state index contributed by atoms with van der Waals surface area (Å²) < 4.78 is 4.80. The third-order valence-corrected chi connectivity index (χ3v) is 6.16. The number of halogens is 1. The van der Waals surface area contributed by atoms with Crippen molar-refractivity contribution in [3.63, 3.8) is 0 Å². The molecule has 1 amide bonds. The van der Waals surface area contributed by atoms with E-state index >= 15 is 0 Å². The summed E-state index contributed by atoms with van der Waals surface area (Å²) in [6.45, 7) is 5.29. The standard InChI is InChI=1S/C26H23ClN6O2/c1-16-15-19(27)11-12-21(16)28-24(34)18(3)32-26(35)22-23(17(2)29-32)30-33(20-9-5-4-6-10-20)25(22)31-13-7-8-14-31/h4-15,18H,1-3H3,(H,28,34)/t18-/m1/s1. The van der Waals surface area contributed by atoms with E-state index in [0.717, 1.165) is 11.3 Å². The van der Waals surface area contributed by atoms with Gasteiger partial charge >= 0.3 is 0 Å². The van der Waals surface area contributed by atoms with Gasteiger partial charge in [-0.2, -0.15) is 10.2 Å². The van der Waals surface area contributed by atoms with Gasteiger partial charge in [-0.05, 0) is 68.8 Å². The van der Waals surface area contributed by atoms with Gasteiger partial charge in [0.05, 0.1) is 11.4 Å². The van der Waals surface area contributed by atoms with Gasteiger partial charge in [-0.1, -0.05) is 29.8 Å². The number of anilines is 1. The molecule has 0 radical (unpaired) electrons. The molecule has 0 fully saturated rings. The van der Waals surface area contributed by atoms with Crippen LogP contribution in [0.3, 0.4) is 0 Å². The van der Waals surface area contributed by atoms with Gasteiger partial charge < -0.3 is 9.88 Å². The van der Waals surface area contributed by atoms with Gasteiger partial charge in [0.2, 0.25) is 5.91 Å². The molecular formula is C26H23ClN6O2. The number of para-hydroxylation sites is 1. The first-order valence-electron chi connectivity index (χ1n) is 11.1. The van der Waals surface area contributed by atoms with Crippen LogP contribution in [0.2, 0.25) is 5.02 Å². The summed E-state index contributed by atoms with van der Waals surface area (Å²) in [5, 5.41) is 13.1. The molecule has 3 heterocycles. The van der Waals surface area contributed by atoms with E-state index in [-0.39, 0.29) is 5.91 Å². The van der Waals surface area contributed by atoms with Crippen LogP contribution in [0, 0.1) is 13.8 Å². The predicted octanol–water partition coefficient (Wildman–Crippen LogP) is 4.84. The number of amides is 1. The fraction of sp³-hybridized carbons (Fsp3) is 0.154. The molecule has 5 aromatic rings. The molecular weight excluding hydrogens is 464 g/mol. The molecule has 176 valence electrons. The highest BCUT2D eigenvalue weighted by molar-refractivity contribution is 6.30. The lowest BCUT2D eigenvalue weighted by Gasteiger charge is -2.16. The number of aromatic nitrogens is 5. The van der Waals surface area contributed by atoms with Crippen molar-refractivity contribution in [2.45, 2.75) is 26.8 Å². The Labute approximate surface area is 206 Å². The fourth-order valence-electron chi connectivity index (χ4n) is 4.07. The summed E-state index contributed by atoms with van der Waals surface area (Å²) in [6.07, 6.45) is 3.71. The van der Waals surface area contributed by atoms with Crippen molar-refractivity contribution in [3.05, 3.63) is 99.7 Å². The van der Waals surface area contributed by atoms with Crippen molar-refractivity contribution in [2.75, 3.05) is 5.32 Å². The number of hydrogen-bond donors (Lipinski definition) is 1. The molecule has 1 N–H and O–H groups in total. The Hall–Kier alpha value is -4.17. The van der Waals surface area contributed by atoms with E-state index in [9.17, 15) is 9.59 Å². The van der Waals surface area contributed by atoms with Gasteiger partial charge in [0.25, 0.3) is 5.56 Å². The first-order valence-corrected chi connectivity index (χ1v) is 11.5. The number of nitrogens with zero attached hydrogens (tertiary/aromatic N) is 5. The summed E-state index contributed by atoms with van der Waals surface area (Å²) in [4.78, 5) is 26.9. The highest BCUT2D eigenvalue weighted by atomic mass is 35.5. The summed E-state index contributed by atoms with van der Waals surface area (Å²) in [6, 6.07) is 17.7. The lowest BCUT2D eigenvalue weighted by Crippen LogP contribution is -2.34. The zero-order chi connectivity index (χ0) is 24.7. The highest BCUT2D eigenvalue weighted by Gasteiger charge is 2.25. The zero-order valence-corrected chi connectivity index (χ0v) is 20.2. The quantitative estimate of drug-likeness (QED) is 0.385.